The molecule has 0 aromatic heterocycles. The van der Waals surface area contributed by atoms with Gasteiger partial charge in [-0.25, -0.2) is 0 Å². The lowest BCUT2D eigenvalue weighted by molar-refractivity contribution is -0.0242. The molecule has 4 heteroatoms. The van der Waals surface area contributed by atoms with Crippen LogP contribution >= 0.6 is 0 Å². The average Bonchev–Trinajstić information content (AvgIpc) is 2.40. The lowest BCUT2D eigenvalue weighted by atomic mass is 9.79. The largest absolute Gasteiger partial charge is 0.381 e. The van der Waals surface area contributed by atoms with Crippen LogP contribution in [0.4, 0.5) is 0 Å². The van der Waals surface area contributed by atoms with Gasteiger partial charge in [-0.15, -0.1) is 0 Å². The molecule has 2 N–H and O–H groups in total. The Morgan fingerprint density at radius 3 is 2.82 bits per heavy atom. The number of hydrogen-bond donors (Lipinski definition) is 1. The summed E-state index contributed by atoms with van der Waals surface area (Å²) in [4.78, 5) is 2.54. The molecule has 0 radical (unpaired) electrons. The van der Waals surface area contributed by atoms with Crippen molar-refractivity contribution in [3.8, 4) is 0 Å². The fourth-order valence-corrected chi connectivity index (χ4v) is 3.05. The summed E-state index contributed by atoms with van der Waals surface area (Å²) >= 11 is 0. The van der Waals surface area contributed by atoms with Crippen molar-refractivity contribution < 1.29 is 9.47 Å². The Balaban J connectivity index is 1.88. The van der Waals surface area contributed by atoms with E-state index in [0.717, 1.165) is 45.7 Å². The van der Waals surface area contributed by atoms with Gasteiger partial charge in [0.1, 0.15) is 0 Å². The molecule has 2 aliphatic heterocycles. The van der Waals surface area contributed by atoms with Crippen LogP contribution in [-0.2, 0) is 9.47 Å². The summed E-state index contributed by atoms with van der Waals surface area (Å²) < 4.78 is 10.9. The summed E-state index contributed by atoms with van der Waals surface area (Å²) in [5, 5.41) is 0. The van der Waals surface area contributed by atoms with E-state index >= 15 is 0 Å². The van der Waals surface area contributed by atoms with Gasteiger partial charge in [0, 0.05) is 33.4 Å². The quantitative estimate of drug-likeness (QED) is 0.794. The molecule has 0 saturated carbocycles. The monoisotopic (exact) mass is 242 g/mol. The Hall–Kier alpha value is -0.160. The zero-order valence-corrected chi connectivity index (χ0v) is 11.0. The molecule has 2 saturated heterocycles. The number of nitrogens with zero attached hydrogens (tertiary/aromatic N) is 1. The van der Waals surface area contributed by atoms with Gasteiger partial charge in [0.05, 0.1) is 6.10 Å². The molecule has 0 aromatic carbocycles. The van der Waals surface area contributed by atoms with Crippen molar-refractivity contribution in [3.05, 3.63) is 0 Å². The van der Waals surface area contributed by atoms with Crippen molar-refractivity contribution in [2.75, 3.05) is 46.5 Å². The molecule has 100 valence electrons. The molecule has 2 rings (SSSR count). The SMILES string of the molecule is COC1CCCN(CC2(CN)CCOCC2)C1. The minimum Gasteiger partial charge on any atom is -0.381 e. The molecule has 2 aliphatic rings. The molecular formula is C13H26N2O2. The Labute approximate surface area is 104 Å². The van der Waals surface area contributed by atoms with Crippen molar-refractivity contribution >= 4 is 0 Å². The van der Waals surface area contributed by atoms with Crippen LogP contribution in [0, 0.1) is 5.41 Å². The van der Waals surface area contributed by atoms with Crippen LogP contribution in [0.5, 0.6) is 0 Å². The van der Waals surface area contributed by atoms with E-state index in [0.29, 0.717) is 6.10 Å². The van der Waals surface area contributed by atoms with E-state index in [1.165, 1.54) is 19.4 Å². The highest BCUT2D eigenvalue weighted by atomic mass is 16.5. The Bertz CT molecular complexity index is 229. The van der Waals surface area contributed by atoms with Gasteiger partial charge in [-0.2, -0.15) is 0 Å². The highest BCUT2D eigenvalue weighted by Gasteiger charge is 2.34. The first-order valence-corrected chi connectivity index (χ1v) is 6.81. The molecule has 2 fully saturated rings. The smallest absolute Gasteiger partial charge is 0.0698 e. The van der Waals surface area contributed by atoms with E-state index in [1.54, 1.807) is 0 Å². The van der Waals surface area contributed by atoms with E-state index in [9.17, 15) is 0 Å². The summed E-state index contributed by atoms with van der Waals surface area (Å²) in [5.41, 5.74) is 6.29. The lowest BCUT2D eigenvalue weighted by Crippen LogP contribution is -2.49. The summed E-state index contributed by atoms with van der Waals surface area (Å²) in [6.45, 7) is 5.91. The maximum Gasteiger partial charge on any atom is 0.0698 e. The Morgan fingerprint density at radius 2 is 2.18 bits per heavy atom. The molecule has 0 aliphatic carbocycles. The van der Waals surface area contributed by atoms with E-state index < -0.39 is 0 Å². The predicted octanol–water partition coefficient (Wildman–Crippen LogP) is 0.853. The summed E-state index contributed by atoms with van der Waals surface area (Å²) in [5.74, 6) is 0. The van der Waals surface area contributed by atoms with Gasteiger partial charge in [0.2, 0.25) is 0 Å². The van der Waals surface area contributed by atoms with Crippen LogP contribution in [0.1, 0.15) is 25.7 Å². The second-order valence-corrected chi connectivity index (χ2v) is 5.55. The first-order chi connectivity index (χ1) is 8.28. The third-order valence-electron chi connectivity index (χ3n) is 4.34. The summed E-state index contributed by atoms with van der Waals surface area (Å²) in [6.07, 6.45) is 5.08. The summed E-state index contributed by atoms with van der Waals surface area (Å²) in [6, 6.07) is 0. The van der Waals surface area contributed by atoms with Crippen molar-refractivity contribution in [2.45, 2.75) is 31.8 Å². The van der Waals surface area contributed by atoms with Crippen LogP contribution in [0.2, 0.25) is 0 Å². The lowest BCUT2D eigenvalue weighted by Gasteiger charge is -2.42. The van der Waals surface area contributed by atoms with Crippen LogP contribution in [0.25, 0.3) is 0 Å². The second kappa shape index (κ2) is 6.14. The van der Waals surface area contributed by atoms with Crippen LogP contribution in [0.3, 0.4) is 0 Å². The van der Waals surface area contributed by atoms with Gasteiger partial charge in [-0.3, -0.25) is 0 Å². The number of piperidine rings is 1. The van der Waals surface area contributed by atoms with E-state index in [4.69, 9.17) is 15.2 Å². The molecule has 2 heterocycles. The van der Waals surface area contributed by atoms with E-state index in [-0.39, 0.29) is 5.41 Å². The number of likely N-dealkylation sites (tertiary alicyclic amines) is 1. The number of rotatable bonds is 4. The Kier molecular flexibility index (Phi) is 4.79. The average molecular weight is 242 g/mol. The first-order valence-electron chi connectivity index (χ1n) is 6.81. The minimum absolute atomic E-state index is 0.286. The standard InChI is InChI=1S/C13H26N2O2/c1-16-12-3-2-6-15(9-12)11-13(10-14)4-7-17-8-5-13/h12H,2-11,14H2,1H3. The molecule has 1 atom stereocenters. The number of ether oxygens (including phenoxy) is 2. The zero-order valence-electron chi connectivity index (χ0n) is 11.0. The number of nitrogens with two attached hydrogens (primary N) is 1. The molecular weight excluding hydrogens is 216 g/mol. The Morgan fingerprint density at radius 1 is 1.41 bits per heavy atom. The fourth-order valence-electron chi connectivity index (χ4n) is 3.05. The van der Waals surface area contributed by atoms with E-state index in [1.807, 2.05) is 7.11 Å². The van der Waals surface area contributed by atoms with Gasteiger partial charge in [-0.05, 0) is 44.2 Å². The molecule has 1 unspecified atom stereocenters. The van der Waals surface area contributed by atoms with Gasteiger partial charge >= 0.3 is 0 Å². The molecule has 4 nitrogen and oxygen atoms in total. The van der Waals surface area contributed by atoms with Crippen LogP contribution in [-0.4, -0.2) is 57.5 Å². The topological polar surface area (TPSA) is 47.7 Å². The molecule has 0 amide bonds. The molecule has 0 spiro atoms. The fraction of sp³-hybridized carbons (Fsp3) is 1.00. The molecule has 0 bridgehead atoms. The van der Waals surface area contributed by atoms with Crippen molar-refractivity contribution in [2.24, 2.45) is 11.1 Å². The van der Waals surface area contributed by atoms with Crippen LogP contribution < -0.4 is 5.73 Å². The van der Waals surface area contributed by atoms with Gasteiger partial charge in [0.25, 0.3) is 0 Å². The van der Waals surface area contributed by atoms with Crippen molar-refractivity contribution in [1.29, 1.82) is 0 Å². The van der Waals surface area contributed by atoms with Gasteiger partial charge in [-0.1, -0.05) is 0 Å². The molecule has 0 aromatic rings. The summed E-state index contributed by atoms with van der Waals surface area (Å²) in [7, 11) is 1.82. The number of hydrogen-bond acceptors (Lipinski definition) is 4. The first kappa shape index (κ1) is 13.3. The maximum absolute atomic E-state index is 6.01. The predicted molar refractivity (Wildman–Crippen MR) is 68.0 cm³/mol. The van der Waals surface area contributed by atoms with Gasteiger partial charge < -0.3 is 20.1 Å². The van der Waals surface area contributed by atoms with Crippen molar-refractivity contribution in [1.82, 2.24) is 4.90 Å². The van der Waals surface area contributed by atoms with E-state index in [2.05, 4.69) is 4.90 Å². The second-order valence-electron chi connectivity index (χ2n) is 5.55. The van der Waals surface area contributed by atoms with Crippen molar-refractivity contribution in [3.63, 3.8) is 0 Å². The zero-order chi connectivity index (χ0) is 12.1. The minimum atomic E-state index is 0.286. The normalized spacial score (nSPS) is 30.4. The highest BCUT2D eigenvalue weighted by Crippen LogP contribution is 2.31. The number of methoxy groups -OCH3 is 1. The third kappa shape index (κ3) is 3.41. The maximum atomic E-state index is 6.01. The molecule has 17 heavy (non-hydrogen) atoms. The third-order valence-corrected chi connectivity index (χ3v) is 4.34. The van der Waals surface area contributed by atoms with Crippen LogP contribution in [0.15, 0.2) is 0 Å². The highest BCUT2D eigenvalue weighted by molar-refractivity contribution is 4.88. The van der Waals surface area contributed by atoms with Gasteiger partial charge in [0.15, 0.2) is 0 Å².